The van der Waals surface area contributed by atoms with Gasteiger partial charge in [0.2, 0.25) is 21.8 Å². The van der Waals surface area contributed by atoms with Crippen molar-refractivity contribution in [1.29, 1.82) is 0 Å². The number of hydrogen-bond donors (Lipinski definition) is 1. The topological polar surface area (TPSA) is 86.8 Å². The first-order valence-electron chi connectivity index (χ1n) is 12.7. The summed E-state index contributed by atoms with van der Waals surface area (Å²) < 4.78 is 26.7. The molecule has 220 valence electrons. The van der Waals surface area contributed by atoms with Gasteiger partial charge in [0.15, 0.2) is 0 Å². The Balaban J connectivity index is 2.10. The Morgan fingerprint density at radius 2 is 1.59 bits per heavy atom. The van der Waals surface area contributed by atoms with Crippen molar-refractivity contribution < 1.29 is 18.0 Å². The summed E-state index contributed by atoms with van der Waals surface area (Å²) in [7, 11) is -4.00. The van der Waals surface area contributed by atoms with Gasteiger partial charge in [0.05, 0.1) is 22.0 Å². The van der Waals surface area contributed by atoms with E-state index in [2.05, 4.69) is 5.32 Å². The van der Waals surface area contributed by atoms with Gasteiger partial charge in [-0.3, -0.25) is 13.9 Å². The molecule has 2 amide bonds. The van der Waals surface area contributed by atoms with Gasteiger partial charge in [-0.1, -0.05) is 103 Å². The lowest BCUT2D eigenvalue weighted by Crippen LogP contribution is -2.53. The van der Waals surface area contributed by atoms with Crippen molar-refractivity contribution in [3.63, 3.8) is 0 Å². The Morgan fingerprint density at radius 3 is 2.20 bits per heavy atom. The fourth-order valence-corrected chi connectivity index (χ4v) is 5.86. The van der Waals surface area contributed by atoms with Crippen molar-refractivity contribution in [2.75, 3.05) is 23.7 Å². The van der Waals surface area contributed by atoms with E-state index in [9.17, 15) is 18.0 Å². The second-order valence-corrected chi connectivity index (χ2v) is 13.5. The first-order valence-corrected chi connectivity index (χ1v) is 16.1. The summed E-state index contributed by atoms with van der Waals surface area (Å²) in [4.78, 5) is 29.1. The number of hydrogen-bond acceptors (Lipinski definition) is 4. The number of nitrogens with zero attached hydrogens (tertiary/aromatic N) is 2. The molecule has 0 aliphatic carbocycles. The lowest BCUT2D eigenvalue weighted by Gasteiger charge is -2.34. The molecular weight excluding hydrogens is 628 g/mol. The average molecular weight is 659 g/mol. The lowest BCUT2D eigenvalue weighted by molar-refractivity contribution is -0.140. The Bertz CT molecular complexity index is 1490. The van der Waals surface area contributed by atoms with Crippen molar-refractivity contribution in [2.24, 2.45) is 5.92 Å². The van der Waals surface area contributed by atoms with Crippen LogP contribution in [0.1, 0.15) is 25.0 Å². The van der Waals surface area contributed by atoms with Crippen LogP contribution in [0.2, 0.25) is 20.1 Å². The minimum absolute atomic E-state index is 0.0183. The van der Waals surface area contributed by atoms with Crippen LogP contribution in [-0.2, 0) is 32.6 Å². The van der Waals surface area contributed by atoms with Crippen LogP contribution in [-0.4, -0.2) is 50.5 Å². The van der Waals surface area contributed by atoms with E-state index in [1.165, 1.54) is 23.1 Å². The fourth-order valence-electron chi connectivity index (χ4n) is 4.09. The average Bonchev–Trinajstić information content (AvgIpc) is 2.90. The van der Waals surface area contributed by atoms with Crippen LogP contribution in [0.3, 0.4) is 0 Å². The summed E-state index contributed by atoms with van der Waals surface area (Å²) in [5, 5.41) is 3.74. The van der Waals surface area contributed by atoms with Gasteiger partial charge in [-0.2, -0.15) is 0 Å². The quantitative estimate of drug-likeness (QED) is 0.241. The molecule has 0 aliphatic heterocycles. The number of sulfonamides is 1. The first kappa shape index (κ1) is 33.0. The van der Waals surface area contributed by atoms with Gasteiger partial charge in [-0.25, -0.2) is 8.42 Å². The van der Waals surface area contributed by atoms with Gasteiger partial charge in [-0.15, -0.1) is 0 Å². The molecule has 1 N–H and O–H groups in total. The van der Waals surface area contributed by atoms with Crippen molar-refractivity contribution >= 4 is 73.9 Å². The molecule has 0 saturated carbocycles. The summed E-state index contributed by atoms with van der Waals surface area (Å²) >= 11 is 25.1. The number of anilines is 1. The molecule has 0 aliphatic rings. The highest BCUT2D eigenvalue weighted by Gasteiger charge is 2.34. The second kappa shape index (κ2) is 14.6. The van der Waals surface area contributed by atoms with Crippen molar-refractivity contribution in [3.05, 3.63) is 97.9 Å². The summed E-state index contributed by atoms with van der Waals surface area (Å²) in [5.41, 5.74) is 1.39. The second-order valence-electron chi connectivity index (χ2n) is 9.94. The van der Waals surface area contributed by atoms with Gasteiger partial charge in [0, 0.05) is 29.6 Å². The maximum Gasteiger partial charge on any atom is 0.244 e. The Morgan fingerprint density at radius 1 is 0.902 bits per heavy atom. The lowest BCUT2D eigenvalue weighted by atomic mass is 10.0. The molecule has 0 heterocycles. The number of halogens is 4. The zero-order valence-corrected chi connectivity index (χ0v) is 26.6. The number of carbonyl (C=O) groups is 2. The molecule has 0 radical (unpaired) electrons. The molecule has 0 unspecified atom stereocenters. The van der Waals surface area contributed by atoms with E-state index in [1.54, 1.807) is 18.2 Å². The minimum Gasteiger partial charge on any atom is -0.354 e. The van der Waals surface area contributed by atoms with Crippen molar-refractivity contribution in [3.8, 4) is 0 Å². The molecule has 3 aromatic carbocycles. The normalized spacial score (nSPS) is 12.2. The predicted octanol–water partition coefficient (Wildman–Crippen LogP) is 6.48. The number of amides is 2. The number of carbonyl (C=O) groups excluding carboxylic acids is 2. The Kier molecular flexibility index (Phi) is 11.8. The fraction of sp³-hybridized carbons (Fsp3) is 0.310. The van der Waals surface area contributed by atoms with Crippen LogP contribution in [0.4, 0.5) is 5.69 Å². The molecule has 0 saturated heterocycles. The summed E-state index contributed by atoms with van der Waals surface area (Å²) in [6.45, 7) is 3.60. The van der Waals surface area contributed by atoms with Crippen LogP contribution in [0, 0.1) is 5.92 Å². The molecule has 0 aromatic heterocycles. The van der Waals surface area contributed by atoms with Gasteiger partial charge < -0.3 is 10.2 Å². The van der Waals surface area contributed by atoms with E-state index >= 15 is 0 Å². The van der Waals surface area contributed by atoms with Gasteiger partial charge in [0.25, 0.3) is 0 Å². The van der Waals surface area contributed by atoms with E-state index in [-0.39, 0.29) is 40.5 Å². The molecule has 3 aromatic rings. The molecule has 1 atom stereocenters. The molecular formula is C29H31Cl4N3O4S. The third kappa shape index (κ3) is 9.25. The number of rotatable bonds is 12. The van der Waals surface area contributed by atoms with Crippen molar-refractivity contribution in [1.82, 2.24) is 10.2 Å². The monoisotopic (exact) mass is 657 g/mol. The molecule has 0 spiro atoms. The maximum absolute atomic E-state index is 14.1. The highest BCUT2D eigenvalue weighted by molar-refractivity contribution is 7.92. The molecule has 0 bridgehead atoms. The van der Waals surface area contributed by atoms with Crippen LogP contribution in [0.25, 0.3) is 0 Å². The summed E-state index contributed by atoms with van der Waals surface area (Å²) in [6, 6.07) is 17.6. The van der Waals surface area contributed by atoms with Crippen LogP contribution in [0.15, 0.2) is 66.7 Å². The molecule has 12 heteroatoms. The zero-order valence-electron chi connectivity index (χ0n) is 22.8. The maximum atomic E-state index is 14.1. The highest BCUT2D eigenvalue weighted by Crippen LogP contribution is 2.34. The largest absolute Gasteiger partial charge is 0.354 e. The Hall–Kier alpha value is -2.49. The van der Waals surface area contributed by atoms with Crippen molar-refractivity contribution in [2.45, 2.75) is 32.9 Å². The van der Waals surface area contributed by atoms with Gasteiger partial charge >= 0.3 is 0 Å². The molecule has 41 heavy (non-hydrogen) atoms. The third-order valence-corrected chi connectivity index (χ3v) is 8.71. The van der Waals surface area contributed by atoms with E-state index in [4.69, 9.17) is 46.4 Å². The summed E-state index contributed by atoms with van der Waals surface area (Å²) in [5.74, 6) is -0.859. The van der Waals surface area contributed by atoms with Crippen LogP contribution < -0.4 is 9.62 Å². The molecule has 7 nitrogen and oxygen atoms in total. The van der Waals surface area contributed by atoms with Crippen LogP contribution >= 0.6 is 46.4 Å². The van der Waals surface area contributed by atoms with E-state index in [0.717, 1.165) is 16.1 Å². The summed E-state index contributed by atoms with van der Waals surface area (Å²) in [6.07, 6.45) is 1.15. The zero-order chi connectivity index (χ0) is 30.3. The van der Waals surface area contributed by atoms with E-state index in [1.807, 2.05) is 44.2 Å². The molecule has 3 rings (SSSR count). The standard InChI is InChI=1S/C29H31Cl4N3O4S/c1-19(2)16-34-29(38)26(14-20-8-5-4-6-9-20)35(17-21-12-13-22(30)15-24(21)32)27(37)18-36(41(3,39)40)25-11-7-10-23(31)28(25)33/h4-13,15,19,26H,14,16-18H2,1-3H3,(H,34,38)/t26-/m0/s1. The number of nitrogens with one attached hydrogen (secondary N) is 1. The highest BCUT2D eigenvalue weighted by atomic mass is 35.5. The first-order chi connectivity index (χ1) is 19.3. The molecule has 0 fully saturated rings. The Labute approximate surface area is 261 Å². The SMILES string of the molecule is CC(C)CNC(=O)[C@H](Cc1ccccc1)N(Cc1ccc(Cl)cc1Cl)C(=O)CN(c1cccc(Cl)c1Cl)S(C)(=O)=O. The van der Waals surface area contributed by atoms with E-state index < -0.39 is 28.5 Å². The predicted molar refractivity (Wildman–Crippen MR) is 167 cm³/mol. The minimum atomic E-state index is -4.00. The van der Waals surface area contributed by atoms with Gasteiger partial charge in [0.1, 0.15) is 12.6 Å². The van der Waals surface area contributed by atoms with E-state index in [0.29, 0.717) is 22.2 Å². The van der Waals surface area contributed by atoms with Crippen LogP contribution in [0.5, 0.6) is 0 Å². The number of benzene rings is 3. The van der Waals surface area contributed by atoms with Gasteiger partial charge in [-0.05, 0) is 41.3 Å². The smallest absolute Gasteiger partial charge is 0.244 e. The third-order valence-electron chi connectivity index (χ3n) is 6.19.